The van der Waals surface area contributed by atoms with Gasteiger partial charge in [-0.2, -0.15) is 0 Å². The highest BCUT2D eigenvalue weighted by Crippen LogP contribution is 2.11. The van der Waals surface area contributed by atoms with Crippen LogP contribution in [0.5, 0.6) is 0 Å². The van der Waals surface area contributed by atoms with Crippen molar-refractivity contribution >= 4 is 0 Å². The van der Waals surface area contributed by atoms with Crippen LogP contribution in [0.3, 0.4) is 0 Å². The maximum Gasteiger partial charge on any atom is 0.178 e. The van der Waals surface area contributed by atoms with Gasteiger partial charge in [-0.15, -0.1) is 0 Å². The van der Waals surface area contributed by atoms with Gasteiger partial charge in [0.2, 0.25) is 0 Å². The first-order valence-electron chi connectivity index (χ1n) is 3.69. The summed E-state index contributed by atoms with van der Waals surface area (Å²) in [5.41, 5.74) is 1.68. The SMILES string of the molecule is CCc1cccc(C(O)O)c1. The van der Waals surface area contributed by atoms with Gasteiger partial charge >= 0.3 is 0 Å². The Balaban J connectivity index is 2.91. The molecule has 0 radical (unpaired) electrons. The van der Waals surface area contributed by atoms with Crippen molar-refractivity contribution in [3.05, 3.63) is 35.4 Å². The summed E-state index contributed by atoms with van der Waals surface area (Å²) < 4.78 is 0. The van der Waals surface area contributed by atoms with Crippen LogP contribution >= 0.6 is 0 Å². The minimum Gasteiger partial charge on any atom is -0.364 e. The Labute approximate surface area is 66.1 Å². The highest BCUT2D eigenvalue weighted by atomic mass is 16.5. The Bertz CT molecular complexity index is 231. The predicted molar refractivity (Wildman–Crippen MR) is 43.0 cm³/mol. The number of hydrogen-bond donors (Lipinski definition) is 2. The van der Waals surface area contributed by atoms with Crippen molar-refractivity contribution in [2.45, 2.75) is 19.6 Å². The molecule has 2 nitrogen and oxygen atoms in total. The Morgan fingerprint density at radius 3 is 2.64 bits per heavy atom. The van der Waals surface area contributed by atoms with E-state index in [-0.39, 0.29) is 0 Å². The lowest BCUT2D eigenvalue weighted by molar-refractivity contribution is -0.0425. The fourth-order valence-corrected chi connectivity index (χ4v) is 0.974. The fraction of sp³-hybridized carbons (Fsp3) is 0.333. The summed E-state index contributed by atoms with van der Waals surface area (Å²) in [6.07, 6.45) is -0.429. The first-order chi connectivity index (χ1) is 5.24. The summed E-state index contributed by atoms with van der Waals surface area (Å²) in [5, 5.41) is 17.6. The molecule has 0 fully saturated rings. The third kappa shape index (κ3) is 2.03. The van der Waals surface area contributed by atoms with E-state index in [1.54, 1.807) is 12.1 Å². The van der Waals surface area contributed by atoms with Crippen LogP contribution in [0.25, 0.3) is 0 Å². The second-order valence-electron chi connectivity index (χ2n) is 2.47. The third-order valence-electron chi connectivity index (χ3n) is 1.66. The van der Waals surface area contributed by atoms with Crippen LogP contribution in [0.15, 0.2) is 24.3 Å². The number of benzene rings is 1. The number of aliphatic hydroxyl groups excluding tert-OH is 1. The van der Waals surface area contributed by atoms with Crippen molar-refractivity contribution in [2.75, 3.05) is 0 Å². The summed E-state index contributed by atoms with van der Waals surface area (Å²) in [4.78, 5) is 0. The van der Waals surface area contributed by atoms with E-state index >= 15 is 0 Å². The first-order valence-corrected chi connectivity index (χ1v) is 3.69. The van der Waals surface area contributed by atoms with Crippen molar-refractivity contribution in [3.63, 3.8) is 0 Å². The summed E-state index contributed by atoms with van der Waals surface area (Å²) in [5.74, 6) is 0. The second kappa shape index (κ2) is 3.51. The van der Waals surface area contributed by atoms with Crippen LogP contribution in [-0.2, 0) is 6.42 Å². The van der Waals surface area contributed by atoms with Gasteiger partial charge in [0.05, 0.1) is 0 Å². The lowest BCUT2D eigenvalue weighted by Crippen LogP contribution is -1.95. The summed E-state index contributed by atoms with van der Waals surface area (Å²) in [6, 6.07) is 7.29. The summed E-state index contributed by atoms with van der Waals surface area (Å²) >= 11 is 0. The molecule has 0 bridgehead atoms. The molecular weight excluding hydrogens is 140 g/mol. The topological polar surface area (TPSA) is 40.5 Å². The van der Waals surface area contributed by atoms with Crippen LogP contribution in [0.1, 0.15) is 24.3 Å². The second-order valence-corrected chi connectivity index (χ2v) is 2.47. The van der Waals surface area contributed by atoms with Crippen molar-refractivity contribution < 1.29 is 10.2 Å². The molecule has 0 aromatic heterocycles. The van der Waals surface area contributed by atoms with Gasteiger partial charge in [0.15, 0.2) is 6.29 Å². The van der Waals surface area contributed by atoms with E-state index in [0.29, 0.717) is 5.56 Å². The van der Waals surface area contributed by atoms with E-state index in [1.807, 2.05) is 19.1 Å². The molecule has 1 rings (SSSR count). The molecule has 0 amide bonds. The van der Waals surface area contributed by atoms with Crippen molar-refractivity contribution in [1.82, 2.24) is 0 Å². The zero-order chi connectivity index (χ0) is 8.27. The Kier molecular flexibility index (Phi) is 2.63. The quantitative estimate of drug-likeness (QED) is 0.626. The van der Waals surface area contributed by atoms with Crippen LogP contribution in [-0.4, -0.2) is 10.2 Å². The van der Waals surface area contributed by atoms with Gasteiger partial charge in [-0.05, 0) is 12.0 Å². The van der Waals surface area contributed by atoms with E-state index in [4.69, 9.17) is 10.2 Å². The highest BCUT2D eigenvalue weighted by molar-refractivity contribution is 5.23. The molecule has 0 saturated heterocycles. The van der Waals surface area contributed by atoms with Crippen LogP contribution in [0, 0.1) is 0 Å². The average Bonchev–Trinajstić information content (AvgIpc) is 2.05. The molecule has 60 valence electrons. The Morgan fingerprint density at radius 1 is 1.36 bits per heavy atom. The molecule has 1 aromatic rings. The maximum absolute atomic E-state index is 8.80. The number of hydrogen-bond acceptors (Lipinski definition) is 2. The van der Waals surface area contributed by atoms with Crippen LogP contribution in [0.2, 0.25) is 0 Å². The number of aliphatic hydroxyl groups is 2. The summed E-state index contributed by atoms with van der Waals surface area (Å²) in [6.45, 7) is 2.03. The minimum absolute atomic E-state index is 0.560. The molecule has 0 atom stereocenters. The summed E-state index contributed by atoms with van der Waals surface area (Å²) in [7, 11) is 0. The zero-order valence-electron chi connectivity index (χ0n) is 6.49. The fourth-order valence-electron chi connectivity index (χ4n) is 0.974. The molecule has 0 heterocycles. The van der Waals surface area contributed by atoms with Crippen molar-refractivity contribution in [1.29, 1.82) is 0 Å². The lowest BCUT2D eigenvalue weighted by atomic mass is 10.1. The van der Waals surface area contributed by atoms with E-state index in [9.17, 15) is 0 Å². The number of rotatable bonds is 2. The standard InChI is InChI=1S/C9H12O2/c1-2-7-4-3-5-8(6-7)9(10)11/h3-6,9-11H,2H2,1H3. The molecule has 0 aliphatic rings. The van der Waals surface area contributed by atoms with Gasteiger partial charge in [-0.3, -0.25) is 0 Å². The lowest BCUT2D eigenvalue weighted by Gasteiger charge is -2.04. The largest absolute Gasteiger partial charge is 0.364 e. The average molecular weight is 152 g/mol. The predicted octanol–water partition coefficient (Wildman–Crippen LogP) is 1.23. The zero-order valence-corrected chi connectivity index (χ0v) is 6.49. The van der Waals surface area contributed by atoms with Gasteiger partial charge in [-0.25, -0.2) is 0 Å². The minimum atomic E-state index is -1.35. The van der Waals surface area contributed by atoms with Gasteiger partial charge in [0, 0.05) is 5.56 Å². The van der Waals surface area contributed by atoms with Gasteiger partial charge in [-0.1, -0.05) is 31.2 Å². The maximum atomic E-state index is 8.80. The van der Waals surface area contributed by atoms with Crippen LogP contribution < -0.4 is 0 Å². The molecule has 0 aliphatic carbocycles. The normalized spacial score (nSPS) is 10.5. The Hall–Kier alpha value is -0.860. The first kappa shape index (κ1) is 8.24. The van der Waals surface area contributed by atoms with E-state index in [1.165, 1.54) is 0 Å². The monoisotopic (exact) mass is 152 g/mol. The molecule has 0 saturated carbocycles. The molecule has 2 heteroatoms. The van der Waals surface area contributed by atoms with Crippen molar-refractivity contribution in [2.24, 2.45) is 0 Å². The number of aryl methyl sites for hydroxylation is 1. The molecule has 0 unspecified atom stereocenters. The molecule has 11 heavy (non-hydrogen) atoms. The molecular formula is C9H12O2. The molecule has 2 N–H and O–H groups in total. The highest BCUT2D eigenvalue weighted by Gasteiger charge is 2.00. The van der Waals surface area contributed by atoms with E-state index in [2.05, 4.69) is 0 Å². The van der Waals surface area contributed by atoms with Gasteiger partial charge < -0.3 is 10.2 Å². The Morgan fingerprint density at radius 2 is 2.09 bits per heavy atom. The smallest absolute Gasteiger partial charge is 0.178 e. The van der Waals surface area contributed by atoms with Gasteiger partial charge in [0.1, 0.15) is 0 Å². The van der Waals surface area contributed by atoms with Crippen molar-refractivity contribution in [3.8, 4) is 0 Å². The third-order valence-corrected chi connectivity index (χ3v) is 1.66. The van der Waals surface area contributed by atoms with E-state index < -0.39 is 6.29 Å². The van der Waals surface area contributed by atoms with E-state index in [0.717, 1.165) is 12.0 Å². The van der Waals surface area contributed by atoms with Crippen LogP contribution in [0.4, 0.5) is 0 Å². The van der Waals surface area contributed by atoms with Gasteiger partial charge in [0.25, 0.3) is 0 Å². The molecule has 1 aromatic carbocycles. The molecule has 0 spiro atoms. The molecule has 0 aliphatic heterocycles.